The highest BCUT2D eigenvalue weighted by Crippen LogP contribution is 2.24. The predicted molar refractivity (Wildman–Crippen MR) is 241 cm³/mol. The van der Waals surface area contributed by atoms with Crippen LogP contribution >= 0.6 is 0 Å². The van der Waals surface area contributed by atoms with Crippen molar-refractivity contribution < 1.29 is 58.1 Å². The van der Waals surface area contributed by atoms with Gasteiger partial charge in [-0.05, 0) is 61.3 Å². The van der Waals surface area contributed by atoms with Crippen molar-refractivity contribution >= 4 is 53.6 Å². The van der Waals surface area contributed by atoms with E-state index < -0.39 is 72.0 Å². The van der Waals surface area contributed by atoms with Crippen LogP contribution in [0.3, 0.4) is 0 Å². The maximum absolute atomic E-state index is 14.4. The number of aliphatic hydroxyl groups excluding tert-OH is 1. The van der Waals surface area contributed by atoms with Crippen molar-refractivity contribution in [3.05, 3.63) is 65.7 Å². The van der Waals surface area contributed by atoms with E-state index in [1.54, 1.807) is 32.9 Å². The van der Waals surface area contributed by atoms with Crippen LogP contribution in [0.4, 0.5) is 0 Å². The summed E-state index contributed by atoms with van der Waals surface area (Å²) in [6.45, 7) is 11.8. The van der Waals surface area contributed by atoms with Crippen LogP contribution in [0.5, 0.6) is 5.75 Å². The van der Waals surface area contributed by atoms with Crippen LogP contribution in [-0.2, 0) is 60.7 Å². The molecule has 1 fully saturated rings. The van der Waals surface area contributed by atoms with E-state index in [1.165, 1.54) is 42.8 Å². The van der Waals surface area contributed by atoms with E-state index in [9.17, 15) is 53.4 Å². The maximum atomic E-state index is 14.4. The molecule has 7 amide bonds. The molecule has 1 heterocycles. The summed E-state index contributed by atoms with van der Waals surface area (Å²) >= 11 is 0. The number of esters is 1. The fraction of sp³-hybridized carbons (Fsp3) is 0.543. The molecule has 1 aliphatic rings. The molecule has 65 heavy (non-hydrogen) atoms. The molecule has 2 aromatic carbocycles. The van der Waals surface area contributed by atoms with Gasteiger partial charge in [0.25, 0.3) is 0 Å². The fourth-order valence-electron chi connectivity index (χ4n) is 6.50. The van der Waals surface area contributed by atoms with E-state index in [2.05, 4.69) is 27.4 Å². The van der Waals surface area contributed by atoms with E-state index in [0.717, 1.165) is 5.56 Å². The zero-order valence-electron chi connectivity index (χ0n) is 38.8. The number of ether oxygens (including phenoxy) is 1. The largest absolute Gasteiger partial charge is 0.508 e. The average Bonchev–Trinajstić information content (AvgIpc) is 3.23. The van der Waals surface area contributed by atoms with Crippen molar-refractivity contribution in [1.29, 1.82) is 0 Å². The number of nitrogens with two attached hydrogens (primary N) is 2. The molecule has 6 unspecified atom stereocenters. The minimum atomic E-state index is -1.19. The number of nitrogens with zero attached hydrogens (tertiary/aromatic N) is 2. The van der Waals surface area contributed by atoms with Crippen LogP contribution in [0.2, 0.25) is 0 Å². The maximum Gasteiger partial charge on any atom is 0.329 e. The van der Waals surface area contributed by atoms with Gasteiger partial charge in [-0.15, -0.1) is 0 Å². The van der Waals surface area contributed by atoms with Crippen molar-refractivity contribution in [3.63, 3.8) is 0 Å². The van der Waals surface area contributed by atoms with Crippen molar-refractivity contribution in [1.82, 2.24) is 25.8 Å². The zero-order chi connectivity index (χ0) is 49.4. The minimum Gasteiger partial charge on any atom is -0.508 e. The zero-order valence-corrected chi connectivity index (χ0v) is 38.8. The molecule has 19 nitrogen and oxygen atoms in total. The molecule has 19 heteroatoms. The van der Waals surface area contributed by atoms with Gasteiger partial charge in [0.05, 0.1) is 19.0 Å². The molecule has 1 aliphatic heterocycles. The lowest BCUT2D eigenvalue weighted by Gasteiger charge is -2.40. The molecule has 360 valence electrons. The number of amides is 7. The Morgan fingerprint density at radius 3 is 1.97 bits per heavy atom. The summed E-state index contributed by atoms with van der Waals surface area (Å²) in [5.41, 5.74) is 10.7. The first-order valence-electron chi connectivity index (χ1n) is 21.6. The van der Waals surface area contributed by atoms with Crippen LogP contribution in [-0.4, -0.2) is 124 Å². The van der Waals surface area contributed by atoms with Crippen LogP contribution in [0, 0.1) is 11.8 Å². The molecule has 0 spiro atoms. The van der Waals surface area contributed by atoms with Crippen LogP contribution in [0.15, 0.2) is 54.6 Å². The second kappa shape index (κ2) is 29.1. The summed E-state index contributed by atoms with van der Waals surface area (Å²) in [6, 6.07) is 11.1. The number of likely N-dealkylation sites (N-methyl/N-ethyl adjacent to an activating group) is 1. The predicted octanol–water partition coefficient (Wildman–Crippen LogP) is 1.39. The number of likely N-dealkylation sites (tertiary alicyclic amines) is 1. The Balaban J connectivity index is 0.00000141. The van der Waals surface area contributed by atoms with Gasteiger partial charge in [-0.2, -0.15) is 0 Å². The van der Waals surface area contributed by atoms with E-state index in [0.29, 0.717) is 37.5 Å². The molecule has 6 atom stereocenters. The second-order valence-corrected chi connectivity index (χ2v) is 16.5. The van der Waals surface area contributed by atoms with E-state index in [-0.39, 0.29) is 61.6 Å². The molecule has 0 radical (unpaired) electrons. The Bertz CT molecular complexity index is 1860. The lowest BCUT2D eigenvalue weighted by Crippen LogP contribution is -2.61. The number of benzene rings is 2. The fourth-order valence-corrected chi connectivity index (χ4v) is 6.50. The Labute approximate surface area is 381 Å². The van der Waals surface area contributed by atoms with Crippen molar-refractivity contribution in [2.75, 3.05) is 13.6 Å². The van der Waals surface area contributed by atoms with E-state index in [4.69, 9.17) is 4.74 Å². The molecule has 1 saturated heterocycles. The number of phenols is 1. The third kappa shape index (κ3) is 21.7. The number of nitrogens with one attached hydrogen (secondary N) is 3. The molecule has 0 bridgehead atoms. The summed E-state index contributed by atoms with van der Waals surface area (Å²) in [5.74, 6) is -4.13. The summed E-state index contributed by atoms with van der Waals surface area (Å²) in [6.07, 6.45) is 0.382. The number of aliphatic hydroxyl groups is 1. The van der Waals surface area contributed by atoms with Crippen molar-refractivity contribution in [2.24, 2.45) is 23.3 Å². The number of hydrogen-bond acceptors (Lipinski definition) is 12. The molecular formula is C46H69N7O12. The first-order chi connectivity index (χ1) is 30.5. The van der Waals surface area contributed by atoms with Gasteiger partial charge in [0.2, 0.25) is 41.4 Å². The monoisotopic (exact) mass is 912 g/mol. The smallest absolute Gasteiger partial charge is 0.329 e. The number of rotatable bonds is 21. The molecule has 0 aromatic heterocycles. The Morgan fingerprint density at radius 2 is 1.49 bits per heavy atom. The number of primary amides is 2. The highest BCUT2D eigenvalue weighted by Gasteiger charge is 2.41. The Hall–Kier alpha value is -6.37. The molecule has 9 N–H and O–H groups in total. The van der Waals surface area contributed by atoms with Gasteiger partial charge in [-0.1, -0.05) is 77.1 Å². The number of piperidine rings is 1. The van der Waals surface area contributed by atoms with Crippen molar-refractivity contribution in [2.45, 2.75) is 136 Å². The normalized spacial score (nSPS) is 15.5. The number of hydrogen-bond donors (Lipinski definition) is 7. The standard InChI is InChI=1S/C39H54N4O9.C4H8N2O2.C3H7NO/c1-24(2)19-29(23-44)40-33(46)20-26(5)52-39(51)36(25(3)4)41-37(49)31(21-28-15-17-30(45)18-16-28)42(6)38(50)32(22-27-11-8-7-9-12-27)43-34(47)13-10-14-35(43)48;1-3(7)6-2-4(5)8;1-2-3(4)5/h7-9,11-12,15-18,23-26,29,31-32,34,36,45,47H,10,13-14,19-22H2,1-6H3,(H,40,46)(H,41,49);2H2,1H3,(H2,5,8)(H,6,7);2H2,1H3,(H2,4,5). The third-order valence-corrected chi connectivity index (χ3v) is 9.94. The SMILES string of the molecule is CC(=O)NCC(N)=O.CC(C)CC(C=O)NC(=O)CC(C)OC(=O)C(NC(=O)C(Cc1ccc(O)cc1)N(C)C(=O)C(Cc1ccccc1)N1C(=O)CCCC1O)C(C)C.CCC(N)=O. The minimum absolute atomic E-state index is 0.00633. The van der Waals surface area contributed by atoms with Gasteiger partial charge in [0.1, 0.15) is 42.5 Å². The quantitative estimate of drug-likeness (QED) is 0.0691. The molecule has 3 rings (SSSR count). The first-order valence-corrected chi connectivity index (χ1v) is 21.6. The molecule has 0 aliphatic carbocycles. The highest BCUT2D eigenvalue weighted by atomic mass is 16.5. The van der Waals surface area contributed by atoms with Gasteiger partial charge in [-0.3, -0.25) is 33.6 Å². The summed E-state index contributed by atoms with van der Waals surface area (Å²) in [4.78, 5) is 111. The van der Waals surface area contributed by atoms with Crippen LogP contribution in [0.25, 0.3) is 0 Å². The van der Waals surface area contributed by atoms with E-state index in [1.807, 2.05) is 44.2 Å². The summed E-state index contributed by atoms with van der Waals surface area (Å²) in [5, 5.41) is 28.4. The second-order valence-electron chi connectivity index (χ2n) is 16.5. The number of carbonyl (C=O) groups excluding carboxylic acids is 9. The molecule has 2 aromatic rings. The number of carbonyl (C=O) groups is 9. The lowest BCUT2D eigenvalue weighted by molar-refractivity contribution is -0.162. The van der Waals surface area contributed by atoms with Crippen LogP contribution < -0.4 is 27.4 Å². The van der Waals surface area contributed by atoms with Gasteiger partial charge in [-0.25, -0.2) is 4.79 Å². The highest BCUT2D eigenvalue weighted by molar-refractivity contribution is 5.94. The molecule has 0 saturated carbocycles. The third-order valence-electron chi connectivity index (χ3n) is 9.94. The summed E-state index contributed by atoms with van der Waals surface area (Å²) < 4.78 is 5.59. The number of aldehydes is 1. The van der Waals surface area contributed by atoms with Crippen LogP contribution in [0.1, 0.15) is 98.1 Å². The van der Waals surface area contributed by atoms with Crippen molar-refractivity contribution in [3.8, 4) is 5.75 Å². The number of phenolic OH excluding ortho intramolecular Hbond substituents is 1. The lowest BCUT2D eigenvalue weighted by atomic mass is 9.97. The Kier molecular flexibility index (Phi) is 25.4. The number of aromatic hydroxyl groups is 1. The van der Waals surface area contributed by atoms with Gasteiger partial charge in [0, 0.05) is 39.7 Å². The van der Waals surface area contributed by atoms with Gasteiger partial charge in [0.15, 0.2) is 0 Å². The first kappa shape index (κ1) is 56.6. The Morgan fingerprint density at radius 1 is 0.908 bits per heavy atom. The van der Waals surface area contributed by atoms with E-state index >= 15 is 0 Å². The average molecular weight is 912 g/mol. The van der Waals surface area contributed by atoms with Gasteiger partial charge >= 0.3 is 5.97 Å². The van der Waals surface area contributed by atoms with Gasteiger partial charge < -0.3 is 57.0 Å². The summed E-state index contributed by atoms with van der Waals surface area (Å²) in [7, 11) is 1.45. The molecular weight excluding hydrogens is 843 g/mol. The topological polar surface area (TPSA) is 298 Å².